The summed E-state index contributed by atoms with van der Waals surface area (Å²) in [6, 6.07) is -0.527. The molecule has 1 aromatic heterocycles. The average Bonchev–Trinajstić information content (AvgIpc) is 2.99. The third kappa shape index (κ3) is 3.70. The monoisotopic (exact) mass is 314 g/mol. The molecule has 0 aromatic carbocycles. The molecule has 2 heterocycles. The minimum Gasteiger partial charge on any atom is -0.349 e. The highest BCUT2D eigenvalue weighted by atomic mass is 32.2. The number of nitrogens with one attached hydrogen (secondary N) is 2. The Morgan fingerprint density at radius 2 is 2.40 bits per heavy atom. The van der Waals surface area contributed by atoms with Gasteiger partial charge in [0.2, 0.25) is 5.91 Å². The fourth-order valence-corrected chi connectivity index (χ4v) is 3.14. The van der Waals surface area contributed by atoms with Gasteiger partial charge in [-0.05, 0) is 6.26 Å². The highest BCUT2D eigenvalue weighted by Crippen LogP contribution is 2.14. The summed E-state index contributed by atoms with van der Waals surface area (Å²) in [4.78, 5) is 39.5. The Kier molecular flexibility index (Phi) is 4.96. The molecule has 9 heteroatoms. The quantitative estimate of drug-likeness (QED) is 0.731. The molecule has 0 radical (unpaired) electrons. The number of thiazole rings is 1. The molecule has 0 bridgehead atoms. The molecule has 1 saturated heterocycles. The lowest BCUT2D eigenvalue weighted by molar-refractivity contribution is -0.130. The molecule has 7 nitrogen and oxygen atoms in total. The van der Waals surface area contributed by atoms with E-state index in [1.54, 1.807) is 23.1 Å². The van der Waals surface area contributed by atoms with Gasteiger partial charge in [0, 0.05) is 11.1 Å². The van der Waals surface area contributed by atoms with Crippen LogP contribution in [0.15, 0.2) is 5.38 Å². The highest BCUT2D eigenvalue weighted by Gasteiger charge is 2.29. The van der Waals surface area contributed by atoms with E-state index in [0.717, 1.165) is 21.4 Å². The third-order valence-corrected chi connectivity index (χ3v) is 4.22. The van der Waals surface area contributed by atoms with E-state index in [2.05, 4.69) is 15.6 Å². The van der Waals surface area contributed by atoms with Crippen LogP contribution >= 0.6 is 23.1 Å². The maximum Gasteiger partial charge on any atom is 0.325 e. The number of thioether (sulfide) groups is 1. The molecule has 0 unspecified atom stereocenters. The van der Waals surface area contributed by atoms with Crippen LogP contribution in [0.1, 0.15) is 10.7 Å². The van der Waals surface area contributed by atoms with Crippen molar-refractivity contribution in [3.63, 3.8) is 0 Å². The van der Waals surface area contributed by atoms with Crippen LogP contribution in [-0.4, -0.2) is 47.1 Å². The van der Waals surface area contributed by atoms with Gasteiger partial charge in [-0.2, -0.15) is 11.8 Å². The Hall–Kier alpha value is -1.61. The minimum absolute atomic E-state index is 0.0454. The first-order valence-electron chi connectivity index (χ1n) is 5.87. The first kappa shape index (κ1) is 14.8. The number of hydrogen-bond acceptors (Lipinski definition) is 6. The molecule has 0 saturated carbocycles. The first-order chi connectivity index (χ1) is 9.60. The Balaban J connectivity index is 1.79. The van der Waals surface area contributed by atoms with Gasteiger partial charge >= 0.3 is 6.03 Å². The van der Waals surface area contributed by atoms with Crippen LogP contribution in [0.2, 0.25) is 0 Å². The van der Waals surface area contributed by atoms with Crippen molar-refractivity contribution in [3.8, 4) is 0 Å². The molecule has 2 rings (SSSR count). The summed E-state index contributed by atoms with van der Waals surface area (Å²) in [7, 11) is 0. The number of imide groups is 1. The topological polar surface area (TPSA) is 91.4 Å². The fourth-order valence-electron chi connectivity index (χ4n) is 1.62. The van der Waals surface area contributed by atoms with Gasteiger partial charge in [0.1, 0.15) is 11.6 Å². The van der Waals surface area contributed by atoms with Gasteiger partial charge in [0.05, 0.1) is 18.8 Å². The molecule has 108 valence electrons. The molecule has 1 aliphatic heterocycles. The van der Waals surface area contributed by atoms with Crippen molar-refractivity contribution in [2.75, 3.05) is 19.3 Å². The SMILES string of the molecule is CSCc1nc(CNC(=O)CN2C(=O)CNC2=O)cs1. The van der Waals surface area contributed by atoms with Crippen molar-refractivity contribution < 1.29 is 14.4 Å². The lowest BCUT2D eigenvalue weighted by Crippen LogP contribution is -2.40. The van der Waals surface area contributed by atoms with Crippen molar-refractivity contribution in [3.05, 3.63) is 16.1 Å². The Morgan fingerprint density at radius 3 is 3.05 bits per heavy atom. The Bertz CT molecular complexity index is 515. The number of urea groups is 1. The number of hydrogen-bond donors (Lipinski definition) is 2. The zero-order chi connectivity index (χ0) is 14.5. The highest BCUT2D eigenvalue weighted by molar-refractivity contribution is 7.97. The van der Waals surface area contributed by atoms with E-state index >= 15 is 0 Å². The number of nitrogens with zero attached hydrogens (tertiary/aromatic N) is 2. The second kappa shape index (κ2) is 6.71. The summed E-state index contributed by atoms with van der Waals surface area (Å²) < 4.78 is 0. The molecule has 20 heavy (non-hydrogen) atoms. The average molecular weight is 314 g/mol. The van der Waals surface area contributed by atoms with Gasteiger partial charge in [0.25, 0.3) is 5.91 Å². The lowest BCUT2D eigenvalue weighted by atomic mass is 10.4. The van der Waals surface area contributed by atoms with Crippen LogP contribution in [0, 0.1) is 0 Å². The van der Waals surface area contributed by atoms with Crippen LogP contribution in [0.5, 0.6) is 0 Å². The standard InChI is InChI=1S/C11H14N4O3S2/c1-19-6-9-14-7(5-20-9)2-12-8(16)4-15-10(17)3-13-11(15)18/h5H,2-4,6H2,1H3,(H,12,16)(H,13,18). The number of carbonyl (C=O) groups excluding carboxylic acids is 3. The first-order valence-corrected chi connectivity index (χ1v) is 8.14. The molecular weight excluding hydrogens is 300 g/mol. The summed E-state index contributed by atoms with van der Waals surface area (Å²) >= 11 is 3.23. The normalized spacial score (nSPS) is 14.6. The zero-order valence-electron chi connectivity index (χ0n) is 10.8. The maximum absolute atomic E-state index is 11.7. The second-order valence-electron chi connectivity index (χ2n) is 4.08. The van der Waals surface area contributed by atoms with Crippen LogP contribution < -0.4 is 10.6 Å². The molecule has 0 atom stereocenters. The van der Waals surface area contributed by atoms with E-state index in [0.29, 0.717) is 6.54 Å². The molecular formula is C11H14N4O3S2. The molecule has 1 aromatic rings. The predicted octanol–water partition coefficient (Wildman–Crippen LogP) is 0.174. The minimum atomic E-state index is -0.527. The Morgan fingerprint density at radius 1 is 1.60 bits per heavy atom. The van der Waals surface area contributed by atoms with Crippen LogP contribution in [0.25, 0.3) is 0 Å². The van der Waals surface area contributed by atoms with Gasteiger partial charge in [0.15, 0.2) is 0 Å². The van der Waals surface area contributed by atoms with Gasteiger partial charge in [-0.3, -0.25) is 14.5 Å². The maximum atomic E-state index is 11.7. The smallest absolute Gasteiger partial charge is 0.325 e. The number of rotatable bonds is 6. The molecule has 4 amide bonds. The van der Waals surface area contributed by atoms with Gasteiger partial charge in [-0.25, -0.2) is 9.78 Å². The zero-order valence-corrected chi connectivity index (χ0v) is 12.5. The lowest BCUT2D eigenvalue weighted by Gasteiger charge is -2.11. The van der Waals surface area contributed by atoms with Crippen LogP contribution in [0.3, 0.4) is 0 Å². The van der Waals surface area contributed by atoms with Crippen molar-refractivity contribution in [2.24, 2.45) is 0 Å². The fraction of sp³-hybridized carbons (Fsp3) is 0.455. The van der Waals surface area contributed by atoms with E-state index in [-0.39, 0.29) is 24.9 Å². The summed E-state index contributed by atoms with van der Waals surface area (Å²) in [5.41, 5.74) is 0.782. The second-order valence-corrected chi connectivity index (χ2v) is 5.89. The van der Waals surface area contributed by atoms with E-state index in [1.807, 2.05) is 11.6 Å². The van der Waals surface area contributed by atoms with Crippen LogP contribution in [0.4, 0.5) is 4.79 Å². The molecule has 1 aliphatic rings. The van der Waals surface area contributed by atoms with Gasteiger partial charge in [-0.1, -0.05) is 0 Å². The van der Waals surface area contributed by atoms with Crippen molar-refractivity contribution in [1.29, 1.82) is 0 Å². The van der Waals surface area contributed by atoms with E-state index < -0.39 is 6.03 Å². The molecule has 2 N–H and O–H groups in total. The number of aromatic nitrogens is 1. The third-order valence-electron chi connectivity index (χ3n) is 2.57. The van der Waals surface area contributed by atoms with Crippen molar-refractivity contribution >= 4 is 40.9 Å². The molecule has 0 aliphatic carbocycles. The van der Waals surface area contributed by atoms with E-state index in [9.17, 15) is 14.4 Å². The largest absolute Gasteiger partial charge is 0.349 e. The van der Waals surface area contributed by atoms with Crippen molar-refractivity contribution in [2.45, 2.75) is 12.3 Å². The summed E-state index contributed by atoms with van der Waals surface area (Å²) in [5.74, 6) is 0.0806. The summed E-state index contributed by atoms with van der Waals surface area (Å²) in [6.45, 7) is -0.00389. The number of carbonyl (C=O) groups is 3. The van der Waals surface area contributed by atoms with Gasteiger partial charge in [-0.15, -0.1) is 11.3 Å². The summed E-state index contributed by atoms with van der Waals surface area (Å²) in [5, 5.41) is 7.91. The predicted molar refractivity (Wildman–Crippen MR) is 76.3 cm³/mol. The summed E-state index contributed by atoms with van der Waals surface area (Å²) in [6.07, 6.45) is 2.00. The van der Waals surface area contributed by atoms with Gasteiger partial charge < -0.3 is 10.6 Å². The van der Waals surface area contributed by atoms with Crippen molar-refractivity contribution in [1.82, 2.24) is 20.5 Å². The van der Waals surface area contributed by atoms with Crippen LogP contribution in [-0.2, 0) is 21.9 Å². The number of amides is 4. The molecule has 1 fully saturated rings. The van der Waals surface area contributed by atoms with E-state index in [1.165, 1.54) is 0 Å². The Labute approximate surface area is 124 Å². The van der Waals surface area contributed by atoms with E-state index in [4.69, 9.17) is 0 Å². The molecule has 0 spiro atoms.